The highest BCUT2D eigenvalue weighted by atomic mass is 16.5. The van der Waals surface area contributed by atoms with E-state index in [-0.39, 0.29) is 0 Å². The second-order valence-corrected chi connectivity index (χ2v) is 4.88. The largest absolute Gasteiger partial charge is 0.380 e. The average Bonchev–Trinajstić information content (AvgIpc) is 2.35. The number of hydrogen-bond acceptors (Lipinski definition) is 3. The fraction of sp³-hybridized carbons (Fsp3) is 1.00. The van der Waals surface area contributed by atoms with Crippen LogP contribution >= 0.6 is 0 Å². The lowest BCUT2D eigenvalue weighted by molar-refractivity contribution is 0.0141. The van der Waals surface area contributed by atoms with Crippen molar-refractivity contribution in [2.24, 2.45) is 5.73 Å². The maximum absolute atomic E-state index is 5.89. The Kier molecular flexibility index (Phi) is 7.01. The van der Waals surface area contributed by atoms with Crippen molar-refractivity contribution in [2.45, 2.75) is 57.6 Å². The Morgan fingerprint density at radius 1 is 1.44 bits per heavy atom. The predicted octanol–water partition coefficient (Wildman–Crippen LogP) is 2.00. The van der Waals surface area contributed by atoms with Gasteiger partial charge in [0, 0.05) is 26.2 Å². The van der Waals surface area contributed by atoms with Gasteiger partial charge in [0.25, 0.3) is 0 Å². The summed E-state index contributed by atoms with van der Waals surface area (Å²) in [5, 5.41) is 0. The fourth-order valence-corrected chi connectivity index (χ4v) is 2.57. The molecule has 0 amide bonds. The molecule has 0 aromatic heterocycles. The molecule has 0 spiro atoms. The number of methoxy groups -OCH3 is 1. The van der Waals surface area contributed by atoms with E-state index in [1.807, 2.05) is 7.11 Å². The van der Waals surface area contributed by atoms with Gasteiger partial charge in [-0.3, -0.25) is 4.90 Å². The lowest BCUT2D eigenvalue weighted by Crippen LogP contribution is -2.48. The van der Waals surface area contributed by atoms with Crippen LogP contribution in [0.25, 0.3) is 0 Å². The van der Waals surface area contributed by atoms with E-state index < -0.39 is 0 Å². The van der Waals surface area contributed by atoms with Crippen LogP contribution in [0, 0.1) is 0 Å². The minimum Gasteiger partial charge on any atom is -0.380 e. The maximum atomic E-state index is 5.89. The number of nitrogens with two attached hydrogens (primary N) is 1. The fourth-order valence-electron chi connectivity index (χ4n) is 2.57. The Hall–Kier alpha value is -0.120. The number of hydrogen-bond donors (Lipinski definition) is 1. The molecular weight excluding hydrogens is 200 g/mol. The van der Waals surface area contributed by atoms with Crippen LogP contribution in [-0.4, -0.2) is 43.8 Å². The zero-order chi connectivity index (χ0) is 11.8. The summed E-state index contributed by atoms with van der Waals surface area (Å²) in [6, 6.07) is 0.574. The molecule has 16 heavy (non-hydrogen) atoms. The van der Waals surface area contributed by atoms with Gasteiger partial charge in [-0.15, -0.1) is 0 Å². The van der Waals surface area contributed by atoms with Gasteiger partial charge in [-0.05, 0) is 25.8 Å². The molecule has 1 heterocycles. The van der Waals surface area contributed by atoms with Gasteiger partial charge in [-0.2, -0.15) is 0 Å². The Morgan fingerprint density at radius 3 is 2.88 bits per heavy atom. The second-order valence-electron chi connectivity index (χ2n) is 4.88. The number of nitrogens with zero attached hydrogens (tertiary/aromatic N) is 1. The molecular formula is C13H28N2O. The van der Waals surface area contributed by atoms with E-state index in [1.165, 1.54) is 45.1 Å². The Balaban J connectivity index is 2.32. The lowest BCUT2D eigenvalue weighted by atomic mass is 10.0. The summed E-state index contributed by atoms with van der Waals surface area (Å²) in [5.74, 6) is 0. The predicted molar refractivity (Wildman–Crippen MR) is 68.6 cm³/mol. The van der Waals surface area contributed by atoms with E-state index in [9.17, 15) is 0 Å². The molecule has 0 aliphatic carbocycles. The van der Waals surface area contributed by atoms with Gasteiger partial charge in [0.1, 0.15) is 0 Å². The summed E-state index contributed by atoms with van der Waals surface area (Å²) in [6.07, 6.45) is 8.07. The Labute approximate surface area is 100 Å². The van der Waals surface area contributed by atoms with E-state index in [4.69, 9.17) is 10.5 Å². The summed E-state index contributed by atoms with van der Waals surface area (Å²) in [7, 11) is 1.82. The van der Waals surface area contributed by atoms with Crippen molar-refractivity contribution in [1.29, 1.82) is 0 Å². The van der Waals surface area contributed by atoms with Crippen LogP contribution in [0.2, 0.25) is 0 Å². The molecule has 2 N–H and O–H groups in total. The van der Waals surface area contributed by atoms with Crippen LogP contribution in [0.3, 0.4) is 0 Å². The number of unbranched alkanes of at least 4 members (excludes halogenated alkanes) is 2. The molecule has 1 saturated heterocycles. The molecule has 0 bridgehead atoms. The molecule has 1 fully saturated rings. The minimum atomic E-state index is 0.425. The van der Waals surface area contributed by atoms with Crippen molar-refractivity contribution in [1.82, 2.24) is 4.90 Å². The zero-order valence-corrected chi connectivity index (χ0v) is 11.0. The molecule has 0 aromatic carbocycles. The first-order valence-corrected chi connectivity index (χ1v) is 6.78. The maximum Gasteiger partial charge on any atom is 0.0698 e. The monoisotopic (exact) mass is 228 g/mol. The number of likely N-dealkylation sites (tertiary alicyclic amines) is 1. The van der Waals surface area contributed by atoms with Gasteiger partial charge in [0.2, 0.25) is 0 Å². The summed E-state index contributed by atoms with van der Waals surface area (Å²) in [4.78, 5) is 2.54. The van der Waals surface area contributed by atoms with Crippen molar-refractivity contribution >= 4 is 0 Å². The van der Waals surface area contributed by atoms with Gasteiger partial charge in [0.05, 0.1) is 6.10 Å². The van der Waals surface area contributed by atoms with Gasteiger partial charge in [-0.25, -0.2) is 0 Å². The molecule has 0 radical (unpaired) electrons. The highest BCUT2D eigenvalue weighted by molar-refractivity contribution is 4.80. The number of rotatable bonds is 7. The van der Waals surface area contributed by atoms with Crippen molar-refractivity contribution < 1.29 is 4.74 Å². The van der Waals surface area contributed by atoms with E-state index >= 15 is 0 Å². The number of ether oxygens (including phenoxy) is 1. The molecule has 2 atom stereocenters. The van der Waals surface area contributed by atoms with Crippen molar-refractivity contribution in [3.8, 4) is 0 Å². The zero-order valence-electron chi connectivity index (χ0n) is 11.0. The van der Waals surface area contributed by atoms with Crippen LogP contribution in [0.1, 0.15) is 45.4 Å². The molecule has 96 valence electrons. The average molecular weight is 228 g/mol. The topological polar surface area (TPSA) is 38.5 Å². The summed E-state index contributed by atoms with van der Waals surface area (Å²) >= 11 is 0. The molecule has 1 aliphatic rings. The van der Waals surface area contributed by atoms with Gasteiger partial charge in [-0.1, -0.05) is 26.2 Å². The third-order valence-electron chi connectivity index (χ3n) is 3.67. The quantitative estimate of drug-likeness (QED) is 0.677. The lowest BCUT2D eigenvalue weighted by Gasteiger charge is -2.37. The first kappa shape index (κ1) is 13.9. The molecule has 1 rings (SSSR count). The first-order valence-electron chi connectivity index (χ1n) is 6.78. The van der Waals surface area contributed by atoms with Crippen LogP contribution in [0.15, 0.2) is 0 Å². The van der Waals surface area contributed by atoms with E-state index in [2.05, 4.69) is 11.8 Å². The van der Waals surface area contributed by atoms with E-state index in [1.54, 1.807) is 0 Å². The second kappa shape index (κ2) is 8.04. The molecule has 3 heteroatoms. The van der Waals surface area contributed by atoms with Gasteiger partial charge >= 0.3 is 0 Å². The van der Waals surface area contributed by atoms with Crippen LogP contribution in [0.5, 0.6) is 0 Å². The smallest absolute Gasteiger partial charge is 0.0698 e. The SMILES string of the molecule is CCCCCC(CN)N1CCCC(OC)C1. The third kappa shape index (κ3) is 4.40. The molecule has 0 aromatic rings. The number of piperidine rings is 1. The molecule has 1 aliphatic heterocycles. The van der Waals surface area contributed by atoms with Crippen molar-refractivity contribution in [2.75, 3.05) is 26.7 Å². The van der Waals surface area contributed by atoms with Crippen molar-refractivity contribution in [3.05, 3.63) is 0 Å². The van der Waals surface area contributed by atoms with Gasteiger partial charge < -0.3 is 10.5 Å². The minimum absolute atomic E-state index is 0.425. The van der Waals surface area contributed by atoms with Crippen LogP contribution in [-0.2, 0) is 4.74 Å². The van der Waals surface area contributed by atoms with Gasteiger partial charge in [0.15, 0.2) is 0 Å². The molecule has 3 nitrogen and oxygen atoms in total. The summed E-state index contributed by atoms with van der Waals surface area (Å²) in [5.41, 5.74) is 5.89. The van der Waals surface area contributed by atoms with Crippen LogP contribution in [0.4, 0.5) is 0 Å². The standard InChI is InChI=1S/C13H28N2O/c1-3-4-5-7-12(10-14)15-9-6-8-13(11-15)16-2/h12-13H,3-11,14H2,1-2H3. The highest BCUT2D eigenvalue weighted by Gasteiger charge is 2.24. The third-order valence-corrected chi connectivity index (χ3v) is 3.67. The Morgan fingerprint density at radius 2 is 2.25 bits per heavy atom. The molecule has 0 saturated carbocycles. The Bertz CT molecular complexity index is 175. The van der Waals surface area contributed by atoms with Crippen LogP contribution < -0.4 is 5.73 Å². The normalized spacial score (nSPS) is 24.6. The summed E-state index contributed by atoms with van der Waals surface area (Å²) < 4.78 is 5.46. The highest BCUT2D eigenvalue weighted by Crippen LogP contribution is 2.17. The first-order chi connectivity index (χ1) is 7.81. The van der Waals surface area contributed by atoms with E-state index in [0.717, 1.165) is 13.1 Å². The summed E-state index contributed by atoms with van der Waals surface area (Å²) in [6.45, 7) is 5.32. The molecule has 2 unspecified atom stereocenters. The van der Waals surface area contributed by atoms with Crippen molar-refractivity contribution in [3.63, 3.8) is 0 Å². The van der Waals surface area contributed by atoms with E-state index in [0.29, 0.717) is 12.1 Å².